The number of ether oxygens (including phenoxy) is 1. The first-order chi connectivity index (χ1) is 13.2. The van der Waals surface area contributed by atoms with Crippen LogP contribution in [-0.4, -0.2) is 19.6 Å². The Morgan fingerprint density at radius 2 is 1.56 bits per heavy atom. The predicted molar refractivity (Wildman–Crippen MR) is 108 cm³/mol. The molecule has 134 valence electrons. The fraction of sp³-hybridized carbons (Fsp3) is 0.125. The van der Waals surface area contributed by atoms with Crippen molar-refractivity contribution in [1.82, 2.24) is 5.32 Å². The highest BCUT2D eigenvalue weighted by atomic mass is 16.5. The highest BCUT2D eigenvalue weighted by molar-refractivity contribution is 5.79. The molecule has 3 nitrogen and oxygen atoms in total. The molecule has 0 bridgehead atoms. The highest BCUT2D eigenvalue weighted by Gasteiger charge is 2.03. The van der Waals surface area contributed by atoms with Crippen LogP contribution in [0.15, 0.2) is 78.9 Å². The lowest BCUT2D eigenvalue weighted by atomic mass is 10.0. The molecule has 0 aliphatic carbocycles. The minimum Gasteiger partial charge on any atom is -0.497 e. The molecule has 0 spiro atoms. The normalized spacial score (nSPS) is 9.81. The van der Waals surface area contributed by atoms with E-state index in [2.05, 4.69) is 29.3 Å². The van der Waals surface area contributed by atoms with E-state index >= 15 is 0 Å². The number of hydrogen-bond acceptors (Lipinski definition) is 2. The summed E-state index contributed by atoms with van der Waals surface area (Å²) in [5, 5.41) is 2.83. The van der Waals surface area contributed by atoms with Crippen LogP contribution in [0.5, 0.6) is 5.75 Å². The number of hydrogen-bond donors (Lipinski definition) is 1. The van der Waals surface area contributed by atoms with Crippen molar-refractivity contribution in [2.75, 3.05) is 13.7 Å². The smallest absolute Gasteiger partial charge is 0.225 e. The first-order valence-electron chi connectivity index (χ1n) is 8.78. The lowest BCUT2D eigenvalue weighted by Gasteiger charge is -2.05. The van der Waals surface area contributed by atoms with Gasteiger partial charge in [0, 0.05) is 5.56 Å². The summed E-state index contributed by atoms with van der Waals surface area (Å²) in [5.74, 6) is 6.75. The zero-order chi connectivity index (χ0) is 18.9. The van der Waals surface area contributed by atoms with Crippen molar-refractivity contribution in [1.29, 1.82) is 0 Å². The van der Waals surface area contributed by atoms with Crippen molar-refractivity contribution in [2.24, 2.45) is 0 Å². The van der Waals surface area contributed by atoms with Crippen LogP contribution in [-0.2, 0) is 11.2 Å². The lowest BCUT2D eigenvalue weighted by Crippen LogP contribution is -2.25. The summed E-state index contributed by atoms with van der Waals surface area (Å²) in [7, 11) is 1.63. The molecule has 0 aromatic heterocycles. The summed E-state index contributed by atoms with van der Waals surface area (Å²) in [6.45, 7) is 0.326. The van der Waals surface area contributed by atoms with Gasteiger partial charge in [0.1, 0.15) is 5.75 Å². The van der Waals surface area contributed by atoms with E-state index in [1.54, 1.807) is 7.11 Å². The number of nitrogens with one attached hydrogen (secondary N) is 1. The van der Waals surface area contributed by atoms with Crippen LogP contribution >= 0.6 is 0 Å². The van der Waals surface area contributed by atoms with Crippen LogP contribution in [0.2, 0.25) is 0 Å². The highest BCUT2D eigenvalue weighted by Crippen LogP contribution is 2.19. The average Bonchev–Trinajstić information content (AvgIpc) is 2.73. The van der Waals surface area contributed by atoms with E-state index in [0.717, 1.165) is 22.4 Å². The molecule has 0 aliphatic rings. The minimum atomic E-state index is -0.0357. The number of carbonyl (C=O) groups excluding carboxylic acids is 1. The molecular weight excluding hydrogens is 334 g/mol. The van der Waals surface area contributed by atoms with Crippen molar-refractivity contribution >= 4 is 5.91 Å². The largest absolute Gasteiger partial charge is 0.497 e. The van der Waals surface area contributed by atoms with Crippen molar-refractivity contribution in [3.05, 3.63) is 90.0 Å². The Balaban J connectivity index is 1.49. The molecule has 3 aromatic rings. The van der Waals surface area contributed by atoms with Gasteiger partial charge in [-0.05, 0) is 41.0 Å². The van der Waals surface area contributed by atoms with Crippen LogP contribution in [0.1, 0.15) is 11.1 Å². The molecule has 0 saturated carbocycles. The van der Waals surface area contributed by atoms with Crippen LogP contribution in [0, 0.1) is 11.8 Å². The summed E-state index contributed by atoms with van der Waals surface area (Å²) >= 11 is 0. The molecule has 0 radical (unpaired) electrons. The molecule has 0 saturated heterocycles. The van der Waals surface area contributed by atoms with Gasteiger partial charge >= 0.3 is 0 Å². The van der Waals surface area contributed by atoms with Gasteiger partial charge < -0.3 is 10.1 Å². The van der Waals surface area contributed by atoms with Gasteiger partial charge in [-0.15, -0.1) is 0 Å². The Labute approximate surface area is 160 Å². The number of benzene rings is 3. The fourth-order valence-corrected chi connectivity index (χ4v) is 2.66. The third-order valence-electron chi connectivity index (χ3n) is 4.12. The Hall–Kier alpha value is -3.51. The van der Waals surface area contributed by atoms with Gasteiger partial charge in [-0.25, -0.2) is 0 Å². The predicted octanol–water partition coefficient (Wildman–Crippen LogP) is 4.07. The third-order valence-corrected chi connectivity index (χ3v) is 4.12. The molecule has 0 heterocycles. The molecule has 3 aromatic carbocycles. The van der Waals surface area contributed by atoms with E-state index < -0.39 is 0 Å². The Morgan fingerprint density at radius 1 is 0.889 bits per heavy atom. The van der Waals surface area contributed by atoms with Crippen LogP contribution in [0.3, 0.4) is 0 Å². The lowest BCUT2D eigenvalue weighted by molar-refractivity contribution is -0.120. The number of methoxy groups -OCH3 is 1. The second-order valence-electron chi connectivity index (χ2n) is 6.05. The van der Waals surface area contributed by atoms with Gasteiger partial charge in [-0.2, -0.15) is 0 Å². The molecule has 0 aliphatic heterocycles. The van der Waals surface area contributed by atoms with Crippen LogP contribution < -0.4 is 10.1 Å². The van der Waals surface area contributed by atoms with Crippen molar-refractivity contribution in [3.63, 3.8) is 0 Å². The molecule has 3 rings (SSSR count). The molecular formula is C24H21NO2. The molecule has 0 atom stereocenters. The van der Waals surface area contributed by atoms with Crippen molar-refractivity contribution in [2.45, 2.75) is 6.42 Å². The zero-order valence-corrected chi connectivity index (χ0v) is 15.2. The van der Waals surface area contributed by atoms with E-state index in [4.69, 9.17) is 4.74 Å². The van der Waals surface area contributed by atoms with Gasteiger partial charge in [0.25, 0.3) is 0 Å². The van der Waals surface area contributed by atoms with Gasteiger partial charge in [0.05, 0.1) is 20.1 Å². The second-order valence-corrected chi connectivity index (χ2v) is 6.05. The fourth-order valence-electron chi connectivity index (χ4n) is 2.66. The SMILES string of the molecule is COc1ccc(C#CCNC(=O)Cc2ccc(-c3ccccc3)cc2)cc1. The number of carbonyl (C=O) groups is 1. The van der Waals surface area contributed by atoms with Gasteiger partial charge in [0.15, 0.2) is 0 Å². The molecule has 0 fully saturated rings. The topological polar surface area (TPSA) is 38.3 Å². The maximum absolute atomic E-state index is 12.1. The van der Waals surface area contributed by atoms with Gasteiger partial charge in [-0.1, -0.05) is 66.4 Å². The van der Waals surface area contributed by atoms with Crippen molar-refractivity contribution < 1.29 is 9.53 Å². The summed E-state index contributed by atoms with van der Waals surface area (Å²) in [6.07, 6.45) is 0.347. The summed E-state index contributed by atoms with van der Waals surface area (Å²) in [6, 6.07) is 25.8. The van der Waals surface area contributed by atoms with E-state index in [-0.39, 0.29) is 5.91 Å². The maximum Gasteiger partial charge on any atom is 0.225 e. The summed E-state index contributed by atoms with van der Waals surface area (Å²) in [4.78, 5) is 12.1. The Morgan fingerprint density at radius 3 is 2.22 bits per heavy atom. The van der Waals surface area contributed by atoms with Gasteiger partial charge in [0.2, 0.25) is 5.91 Å². The second kappa shape index (κ2) is 9.26. The Bertz CT molecular complexity index is 934. The van der Waals surface area contributed by atoms with E-state index in [1.807, 2.05) is 66.7 Å². The van der Waals surface area contributed by atoms with Crippen molar-refractivity contribution in [3.8, 4) is 28.7 Å². The Kier molecular flexibility index (Phi) is 6.27. The summed E-state index contributed by atoms with van der Waals surface area (Å²) < 4.78 is 5.11. The summed E-state index contributed by atoms with van der Waals surface area (Å²) in [5.41, 5.74) is 4.18. The number of rotatable bonds is 5. The molecule has 27 heavy (non-hydrogen) atoms. The van der Waals surface area contributed by atoms with E-state index in [0.29, 0.717) is 13.0 Å². The first-order valence-corrected chi connectivity index (χ1v) is 8.78. The number of amides is 1. The van der Waals surface area contributed by atoms with Gasteiger partial charge in [-0.3, -0.25) is 4.79 Å². The third kappa shape index (κ3) is 5.49. The quantitative estimate of drug-likeness (QED) is 0.701. The molecule has 0 unspecified atom stereocenters. The molecule has 1 N–H and O–H groups in total. The monoisotopic (exact) mass is 355 g/mol. The molecule has 3 heteroatoms. The maximum atomic E-state index is 12.1. The van der Waals surface area contributed by atoms with Crippen LogP contribution in [0.25, 0.3) is 11.1 Å². The zero-order valence-electron chi connectivity index (χ0n) is 15.2. The average molecular weight is 355 g/mol. The standard InChI is InChI=1S/C24H21NO2/c1-27-23-15-11-19(12-16-23)6-5-17-25-24(26)18-20-9-13-22(14-10-20)21-7-3-2-4-8-21/h2-4,7-16H,17-18H2,1H3,(H,25,26). The van der Waals surface area contributed by atoms with E-state index in [9.17, 15) is 4.79 Å². The van der Waals surface area contributed by atoms with Crippen LogP contribution in [0.4, 0.5) is 0 Å². The first kappa shape index (κ1) is 18.3. The minimum absolute atomic E-state index is 0.0357. The molecule has 1 amide bonds. The van der Waals surface area contributed by atoms with E-state index in [1.165, 1.54) is 5.56 Å².